The van der Waals surface area contributed by atoms with Gasteiger partial charge in [0.15, 0.2) is 0 Å². The van der Waals surface area contributed by atoms with E-state index < -0.39 is 5.97 Å². The van der Waals surface area contributed by atoms with E-state index in [1.54, 1.807) is 6.07 Å². The number of aliphatic hydroxyl groups is 1. The van der Waals surface area contributed by atoms with Gasteiger partial charge in [-0.3, -0.25) is 4.90 Å². The molecule has 0 bridgehead atoms. The zero-order valence-electron chi connectivity index (χ0n) is 10.6. The van der Waals surface area contributed by atoms with E-state index in [9.17, 15) is 4.79 Å². The molecule has 5 heteroatoms. The quantitative estimate of drug-likeness (QED) is 0.877. The highest BCUT2D eigenvalue weighted by atomic mass is 32.1. The minimum Gasteiger partial charge on any atom is -0.477 e. The van der Waals surface area contributed by atoms with E-state index in [4.69, 9.17) is 10.2 Å². The number of rotatable bonds is 4. The van der Waals surface area contributed by atoms with Gasteiger partial charge in [0, 0.05) is 18.0 Å². The fourth-order valence-electron chi connectivity index (χ4n) is 2.35. The van der Waals surface area contributed by atoms with Crippen LogP contribution in [0.25, 0.3) is 0 Å². The zero-order valence-corrected chi connectivity index (χ0v) is 11.4. The summed E-state index contributed by atoms with van der Waals surface area (Å²) in [5.74, 6) is -0.396. The highest BCUT2D eigenvalue weighted by Crippen LogP contribution is 2.25. The van der Waals surface area contributed by atoms with Crippen LogP contribution >= 0.6 is 11.3 Å². The molecule has 0 saturated carbocycles. The van der Waals surface area contributed by atoms with Crippen molar-refractivity contribution in [2.45, 2.75) is 26.3 Å². The Hall–Kier alpha value is -0.910. The largest absolute Gasteiger partial charge is 0.477 e. The average molecular weight is 269 g/mol. The number of carboxylic acid groups (broad SMARTS) is 1. The van der Waals surface area contributed by atoms with Crippen LogP contribution in [0.5, 0.6) is 0 Å². The van der Waals surface area contributed by atoms with E-state index in [1.807, 2.05) is 6.92 Å². The predicted molar refractivity (Wildman–Crippen MR) is 71.1 cm³/mol. The van der Waals surface area contributed by atoms with Crippen molar-refractivity contribution in [2.24, 2.45) is 5.92 Å². The molecule has 100 valence electrons. The van der Waals surface area contributed by atoms with Gasteiger partial charge in [0.1, 0.15) is 4.88 Å². The minimum absolute atomic E-state index is 0.286. The number of hydrogen-bond donors (Lipinski definition) is 2. The molecule has 1 aromatic heterocycles. The fourth-order valence-corrected chi connectivity index (χ4v) is 3.22. The van der Waals surface area contributed by atoms with Gasteiger partial charge in [-0.05, 0) is 50.4 Å². The average Bonchev–Trinajstić information content (AvgIpc) is 2.72. The molecule has 1 aliphatic heterocycles. The van der Waals surface area contributed by atoms with E-state index in [2.05, 4.69) is 4.90 Å². The lowest BCUT2D eigenvalue weighted by atomic mass is 9.97. The van der Waals surface area contributed by atoms with E-state index in [0.29, 0.717) is 10.8 Å². The van der Waals surface area contributed by atoms with Crippen molar-refractivity contribution >= 4 is 17.3 Å². The number of nitrogens with zero attached hydrogens (tertiary/aromatic N) is 1. The molecule has 1 fully saturated rings. The van der Waals surface area contributed by atoms with Crippen molar-refractivity contribution < 1.29 is 15.0 Å². The van der Waals surface area contributed by atoms with Gasteiger partial charge in [-0.15, -0.1) is 11.3 Å². The van der Waals surface area contributed by atoms with E-state index in [1.165, 1.54) is 11.3 Å². The zero-order chi connectivity index (χ0) is 13.1. The first-order valence-electron chi connectivity index (χ1n) is 6.26. The van der Waals surface area contributed by atoms with Gasteiger partial charge in [0.25, 0.3) is 0 Å². The summed E-state index contributed by atoms with van der Waals surface area (Å²) in [5.41, 5.74) is 1.12. The van der Waals surface area contributed by atoms with Crippen LogP contribution in [0.1, 0.15) is 33.0 Å². The van der Waals surface area contributed by atoms with Crippen LogP contribution in [0.3, 0.4) is 0 Å². The van der Waals surface area contributed by atoms with Gasteiger partial charge in [0.05, 0.1) is 0 Å². The number of hydrogen-bond acceptors (Lipinski definition) is 4. The van der Waals surface area contributed by atoms with Crippen LogP contribution in [0.4, 0.5) is 0 Å². The topological polar surface area (TPSA) is 60.8 Å². The third-order valence-electron chi connectivity index (χ3n) is 3.59. The summed E-state index contributed by atoms with van der Waals surface area (Å²) in [7, 11) is 0. The number of likely N-dealkylation sites (tertiary alicyclic amines) is 1. The molecular weight excluding hydrogens is 250 g/mol. The Morgan fingerprint density at radius 1 is 1.50 bits per heavy atom. The molecule has 0 atom stereocenters. The second-order valence-electron chi connectivity index (χ2n) is 4.90. The molecule has 4 nitrogen and oxygen atoms in total. The summed E-state index contributed by atoms with van der Waals surface area (Å²) >= 11 is 1.35. The molecular formula is C13H19NO3S. The summed E-state index contributed by atoms with van der Waals surface area (Å²) < 4.78 is 0. The van der Waals surface area contributed by atoms with Crippen molar-refractivity contribution in [1.82, 2.24) is 4.90 Å². The van der Waals surface area contributed by atoms with Crippen molar-refractivity contribution in [1.29, 1.82) is 0 Å². The Morgan fingerprint density at radius 2 is 2.17 bits per heavy atom. The summed E-state index contributed by atoms with van der Waals surface area (Å²) in [6.07, 6.45) is 2.07. The molecule has 2 N–H and O–H groups in total. The first-order valence-corrected chi connectivity index (χ1v) is 7.07. The third kappa shape index (κ3) is 3.10. The third-order valence-corrected chi connectivity index (χ3v) is 4.67. The number of aliphatic hydroxyl groups excluding tert-OH is 1. The van der Waals surface area contributed by atoms with Gasteiger partial charge in [-0.1, -0.05) is 0 Å². The lowest BCUT2D eigenvalue weighted by molar-refractivity contribution is 0.0702. The van der Waals surface area contributed by atoms with Crippen molar-refractivity contribution in [3.05, 3.63) is 21.4 Å². The number of aryl methyl sites for hydroxylation is 1. The number of carboxylic acids is 1. The second-order valence-corrected chi connectivity index (χ2v) is 6.16. The monoisotopic (exact) mass is 269 g/mol. The number of carbonyl (C=O) groups is 1. The van der Waals surface area contributed by atoms with Crippen molar-refractivity contribution in [2.75, 3.05) is 19.7 Å². The van der Waals surface area contributed by atoms with E-state index >= 15 is 0 Å². The molecule has 1 aliphatic rings. The minimum atomic E-state index is -0.840. The first-order chi connectivity index (χ1) is 8.60. The molecule has 2 heterocycles. The van der Waals surface area contributed by atoms with Crippen LogP contribution in [0.15, 0.2) is 6.07 Å². The van der Waals surface area contributed by atoms with Gasteiger partial charge >= 0.3 is 5.97 Å². The normalized spacial score (nSPS) is 18.1. The summed E-state index contributed by atoms with van der Waals surface area (Å²) in [5, 5.41) is 18.1. The van der Waals surface area contributed by atoms with E-state index in [-0.39, 0.29) is 6.61 Å². The molecule has 0 aliphatic carbocycles. The predicted octanol–water partition coefficient (Wildman–Crippen LogP) is 1.96. The molecule has 1 aromatic rings. The van der Waals surface area contributed by atoms with Crippen LogP contribution in [0.2, 0.25) is 0 Å². The lowest BCUT2D eigenvalue weighted by Gasteiger charge is -2.30. The van der Waals surface area contributed by atoms with Gasteiger partial charge in [0.2, 0.25) is 0 Å². The highest BCUT2D eigenvalue weighted by Gasteiger charge is 2.20. The Balaban J connectivity index is 1.96. The maximum absolute atomic E-state index is 10.9. The Kier molecular flexibility index (Phi) is 4.37. The molecule has 1 saturated heterocycles. The summed E-state index contributed by atoms with van der Waals surface area (Å²) in [4.78, 5) is 14.8. The van der Waals surface area contributed by atoms with Gasteiger partial charge < -0.3 is 10.2 Å². The molecule has 2 rings (SSSR count). The molecule has 0 radical (unpaired) electrons. The number of aromatic carboxylic acids is 1. The van der Waals surface area contributed by atoms with Crippen LogP contribution in [-0.2, 0) is 6.54 Å². The standard InChI is InChI=1S/C13H19NO3S/c1-9-11(6-12(18-9)13(16)17)7-14-4-2-10(8-15)3-5-14/h6,10,15H,2-5,7-8H2,1H3,(H,16,17). The highest BCUT2D eigenvalue weighted by molar-refractivity contribution is 7.14. The van der Waals surface area contributed by atoms with Gasteiger partial charge in [-0.2, -0.15) is 0 Å². The van der Waals surface area contributed by atoms with E-state index in [0.717, 1.165) is 42.9 Å². The van der Waals surface area contributed by atoms with Crippen LogP contribution in [-0.4, -0.2) is 40.8 Å². The number of piperidine rings is 1. The molecule has 0 amide bonds. The Labute approximate surface area is 111 Å². The van der Waals surface area contributed by atoms with Gasteiger partial charge in [-0.25, -0.2) is 4.79 Å². The van der Waals surface area contributed by atoms with Crippen LogP contribution < -0.4 is 0 Å². The maximum Gasteiger partial charge on any atom is 0.345 e. The smallest absolute Gasteiger partial charge is 0.345 e. The molecule has 0 aromatic carbocycles. The van der Waals surface area contributed by atoms with Crippen molar-refractivity contribution in [3.63, 3.8) is 0 Å². The Bertz CT molecular complexity index is 422. The van der Waals surface area contributed by atoms with Crippen LogP contribution in [0, 0.1) is 12.8 Å². The summed E-state index contributed by atoms with van der Waals surface area (Å²) in [6, 6.07) is 1.79. The lowest BCUT2D eigenvalue weighted by Crippen LogP contribution is -2.34. The second kappa shape index (κ2) is 5.82. The molecule has 18 heavy (non-hydrogen) atoms. The first kappa shape index (κ1) is 13.5. The molecule has 0 spiro atoms. The van der Waals surface area contributed by atoms with Crippen molar-refractivity contribution in [3.8, 4) is 0 Å². The maximum atomic E-state index is 10.9. The molecule has 0 unspecified atom stereocenters. The number of thiophene rings is 1. The Morgan fingerprint density at radius 3 is 2.67 bits per heavy atom. The SMILES string of the molecule is Cc1sc(C(=O)O)cc1CN1CCC(CO)CC1. The summed E-state index contributed by atoms with van der Waals surface area (Å²) in [6.45, 7) is 5.07. The fraction of sp³-hybridized carbons (Fsp3) is 0.615.